The third-order valence-corrected chi connectivity index (χ3v) is 3.33. The number of hydrogen-bond donors (Lipinski definition) is 2. The highest BCUT2D eigenvalue weighted by molar-refractivity contribution is 6.34. The Morgan fingerprint density at radius 2 is 2.16 bits per heavy atom. The van der Waals surface area contributed by atoms with Crippen LogP contribution in [0.25, 0.3) is 0 Å². The molecule has 19 heavy (non-hydrogen) atoms. The molecule has 2 rings (SSSR count). The lowest BCUT2D eigenvalue weighted by Crippen LogP contribution is -2.54. The minimum atomic E-state index is -0.778. The standard InChI is InChI=1S/C12H14ClN3O3/c13-8-3-1-2-7(10(8)14)12(18)16-4-5-19-6-9(16)11(15)17/h1-3,9H,4-6,14H2,(H2,15,17). The van der Waals surface area contributed by atoms with Crippen LogP contribution in [0.1, 0.15) is 10.4 Å². The van der Waals surface area contributed by atoms with Crippen LogP contribution in [-0.2, 0) is 9.53 Å². The number of para-hydroxylation sites is 1. The van der Waals surface area contributed by atoms with Gasteiger partial charge in [0.1, 0.15) is 6.04 Å². The molecule has 0 radical (unpaired) electrons. The maximum Gasteiger partial charge on any atom is 0.256 e. The molecular formula is C12H14ClN3O3. The number of amides is 2. The number of carbonyl (C=O) groups is 2. The van der Waals surface area contributed by atoms with Crippen molar-refractivity contribution >= 4 is 29.1 Å². The molecule has 0 aliphatic carbocycles. The Morgan fingerprint density at radius 3 is 2.84 bits per heavy atom. The number of rotatable bonds is 2. The molecule has 102 valence electrons. The van der Waals surface area contributed by atoms with Gasteiger partial charge in [0.25, 0.3) is 5.91 Å². The van der Waals surface area contributed by atoms with Gasteiger partial charge in [0, 0.05) is 6.54 Å². The van der Waals surface area contributed by atoms with Crippen LogP contribution in [0.5, 0.6) is 0 Å². The fraction of sp³-hybridized carbons (Fsp3) is 0.333. The van der Waals surface area contributed by atoms with E-state index >= 15 is 0 Å². The molecule has 1 saturated heterocycles. The van der Waals surface area contributed by atoms with Crippen molar-refractivity contribution in [2.75, 3.05) is 25.5 Å². The van der Waals surface area contributed by atoms with Crippen molar-refractivity contribution in [1.29, 1.82) is 0 Å². The van der Waals surface area contributed by atoms with E-state index < -0.39 is 11.9 Å². The summed E-state index contributed by atoms with van der Waals surface area (Å²) in [6.45, 7) is 0.746. The first kappa shape index (κ1) is 13.6. The van der Waals surface area contributed by atoms with Crippen LogP contribution in [0.15, 0.2) is 18.2 Å². The van der Waals surface area contributed by atoms with Crippen molar-refractivity contribution in [3.8, 4) is 0 Å². The first-order valence-corrected chi connectivity index (χ1v) is 6.12. The maximum atomic E-state index is 12.4. The average Bonchev–Trinajstić information content (AvgIpc) is 2.41. The Morgan fingerprint density at radius 1 is 1.42 bits per heavy atom. The van der Waals surface area contributed by atoms with Crippen molar-refractivity contribution in [3.05, 3.63) is 28.8 Å². The highest BCUT2D eigenvalue weighted by atomic mass is 35.5. The summed E-state index contributed by atoms with van der Waals surface area (Å²) in [5, 5.41) is 0.301. The molecule has 6 nitrogen and oxygen atoms in total. The number of morpholine rings is 1. The summed E-state index contributed by atoms with van der Waals surface area (Å²) in [6.07, 6.45) is 0. The van der Waals surface area contributed by atoms with E-state index in [4.69, 9.17) is 27.8 Å². The van der Waals surface area contributed by atoms with E-state index in [2.05, 4.69) is 0 Å². The van der Waals surface area contributed by atoms with Gasteiger partial charge in [-0.2, -0.15) is 0 Å². The summed E-state index contributed by atoms with van der Waals surface area (Å²) < 4.78 is 5.16. The van der Waals surface area contributed by atoms with Gasteiger partial charge in [0.05, 0.1) is 29.5 Å². The minimum absolute atomic E-state index is 0.0988. The number of benzene rings is 1. The van der Waals surface area contributed by atoms with Gasteiger partial charge in [-0.25, -0.2) is 0 Å². The van der Waals surface area contributed by atoms with Gasteiger partial charge in [-0.15, -0.1) is 0 Å². The van der Waals surface area contributed by atoms with Crippen LogP contribution < -0.4 is 11.5 Å². The van der Waals surface area contributed by atoms with Crippen LogP contribution in [0.2, 0.25) is 5.02 Å². The van der Waals surface area contributed by atoms with Crippen molar-refractivity contribution < 1.29 is 14.3 Å². The van der Waals surface area contributed by atoms with Crippen LogP contribution >= 0.6 is 11.6 Å². The van der Waals surface area contributed by atoms with Crippen molar-refractivity contribution in [3.63, 3.8) is 0 Å². The number of hydrogen-bond acceptors (Lipinski definition) is 4. The predicted molar refractivity (Wildman–Crippen MR) is 70.7 cm³/mol. The lowest BCUT2D eigenvalue weighted by molar-refractivity contribution is -0.127. The van der Waals surface area contributed by atoms with Crippen molar-refractivity contribution in [2.24, 2.45) is 5.73 Å². The number of carbonyl (C=O) groups excluding carboxylic acids is 2. The summed E-state index contributed by atoms with van der Waals surface area (Å²) in [5.74, 6) is -0.972. The van der Waals surface area contributed by atoms with Gasteiger partial charge >= 0.3 is 0 Å². The largest absolute Gasteiger partial charge is 0.397 e. The predicted octanol–water partition coefficient (Wildman–Crippen LogP) is 0.249. The molecule has 0 spiro atoms. The van der Waals surface area contributed by atoms with Gasteiger partial charge in [-0.05, 0) is 12.1 Å². The number of anilines is 1. The van der Waals surface area contributed by atoms with Gasteiger partial charge in [-0.3, -0.25) is 9.59 Å². The number of nitrogen functional groups attached to an aromatic ring is 1. The monoisotopic (exact) mass is 283 g/mol. The second kappa shape index (κ2) is 5.46. The van der Waals surface area contributed by atoms with Crippen molar-refractivity contribution in [1.82, 2.24) is 4.90 Å². The van der Waals surface area contributed by atoms with Gasteiger partial charge in [0.2, 0.25) is 5.91 Å². The molecule has 1 heterocycles. The zero-order valence-electron chi connectivity index (χ0n) is 10.1. The molecule has 1 aliphatic rings. The second-order valence-corrected chi connectivity index (χ2v) is 4.60. The molecule has 1 aromatic carbocycles. The molecule has 1 fully saturated rings. The van der Waals surface area contributed by atoms with Crippen LogP contribution in [0.3, 0.4) is 0 Å². The smallest absolute Gasteiger partial charge is 0.256 e. The number of primary amides is 1. The number of ether oxygens (including phenoxy) is 1. The summed E-state index contributed by atoms with van der Waals surface area (Å²) in [6, 6.07) is 4.01. The molecular weight excluding hydrogens is 270 g/mol. The fourth-order valence-electron chi connectivity index (χ4n) is 1.96. The van der Waals surface area contributed by atoms with Gasteiger partial charge in [-0.1, -0.05) is 17.7 Å². The lowest BCUT2D eigenvalue weighted by Gasteiger charge is -2.33. The maximum absolute atomic E-state index is 12.4. The Labute approximate surface area is 115 Å². The molecule has 4 N–H and O–H groups in total. The van der Waals surface area contributed by atoms with E-state index in [-0.39, 0.29) is 23.8 Å². The van der Waals surface area contributed by atoms with E-state index in [0.717, 1.165) is 0 Å². The summed E-state index contributed by atoms with van der Waals surface area (Å²) in [7, 11) is 0. The van der Waals surface area contributed by atoms with Crippen LogP contribution in [0.4, 0.5) is 5.69 Å². The first-order chi connectivity index (χ1) is 9.02. The second-order valence-electron chi connectivity index (χ2n) is 4.19. The molecule has 2 amide bonds. The van der Waals surface area contributed by atoms with E-state index in [1.165, 1.54) is 4.90 Å². The molecule has 1 aliphatic heterocycles. The zero-order chi connectivity index (χ0) is 14.0. The van der Waals surface area contributed by atoms with Crippen molar-refractivity contribution in [2.45, 2.75) is 6.04 Å². The van der Waals surface area contributed by atoms with Crippen LogP contribution in [-0.4, -0.2) is 42.5 Å². The highest BCUT2D eigenvalue weighted by Gasteiger charge is 2.32. The molecule has 1 atom stereocenters. The number of nitrogens with zero attached hydrogens (tertiary/aromatic N) is 1. The summed E-state index contributed by atoms with van der Waals surface area (Å²) in [4.78, 5) is 25.1. The van der Waals surface area contributed by atoms with Crippen LogP contribution in [0, 0.1) is 0 Å². The van der Waals surface area contributed by atoms with E-state index in [9.17, 15) is 9.59 Å². The summed E-state index contributed by atoms with van der Waals surface area (Å²) >= 11 is 5.88. The topological polar surface area (TPSA) is 98.7 Å². The Balaban J connectivity index is 2.31. The third kappa shape index (κ3) is 2.64. The first-order valence-electron chi connectivity index (χ1n) is 5.74. The molecule has 1 aromatic rings. The fourth-order valence-corrected chi connectivity index (χ4v) is 2.14. The number of nitrogens with two attached hydrogens (primary N) is 2. The minimum Gasteiger partial charge on any atom is -0.397 e. The number of halogens is 1. The van der Waals surface area contributed by atoms with Gasteiger partial charge < -0.3 is 21.1 Å². The van der Waals surface area contributed by atoms with Gasteiger partial charge in [0.15, 0.2) is 0 Å². The van der Waals surface area contributed by atoms with E-state index in [0.29, 0.717) is 18.2 Å². The molecule has 0 saturated carbocycles. The molecule has 1 unspecified atom stereocenters. The molecule has 0 aromatic heterocycles. The zero-order valence-corrected chi connectivity index (χ0v) is 10.9. The Kier molecular flexibility index (Phi) is 3.92. The SMILES string of the molecule is NC(=O)C1COCCN1C(=O)c1cccc(Cl)c1N. The molecule has 7 heteroatoms. The Hall–Kier alpha value is -1.79. The molecule has 0 bridgehead atoms. The van der Waals surface area contributed by atoms with E-state index in [1.54, 1.807) is 18.2 Å². The summed E-state index contributed by atoms with van der Waals surface area (Å²) in [5.41, 5.74) is 11.5. The third-order valence-electron chi connectivity index (χ3n) is 3.00. The highest BCUT2D eigenvalue weighted by Crippen LogP contribution is 2.24. The lowest BCUT2D eigenvalue weighted by atomic mass is 10.1. The Bertz CT molecular complexity index is 521. The quantitative estimate of drug-likeness (QED) is 0.760. The average molecular weight is 284 g/mol. The normalized spacial score (nSPS) is 19.2. The van der Waals surface area contributed by atoms with E-state index in [1.807, 2.05) is 0 Å².